The fourth-order valence-electron chi connectivity index (χ4n) is 3.03. The second kappa shape index (κ2) is 7.46. The van der Waals surface area contributed by atoms with Gasteiger partial charge >= 0.3 is 0 Å². The van der Waals surface area contributed by atoms with E-state index in [2.05, 4.69) is 5.16 Å². The van der Waals surface area contributed by atoms with E-state index in [4.69, 9.17) is 9.26 Å². The van der Waals surface area contributed by atoms with E-state index in [0.29, 0.717) is 25.3 Å². The van der Waals surface area contributed by atoms with Gasteiger partial charge < -0.3 is 19.3 Å². The van der Waals surface area contributed by atoms with Crippen molar-refractivity contribution in [1.29, 1.82) is 0 Å². The molecule has 1 aromatic heterocycles. The third kappa shape index (κ3) is 3.58. The molecular formula is C17H20N2O5. The number of amides is 1. The normalized spacial score (nSPS) is 21.0. The summed E-state index contributed by atoms with van der Waals surface area (Å²) in [6.07, 6.45) is 0.123. The number of ether oxygens (including phenoxy) is 1. The van der Waals surface area contributed by atoms with Crippen molar-refractivity contribution in [3.63, 3.8) is 0 Å². The average Bonchev–Trinajstić information content (AvgIpc) is 3.05. The smallest absolute Gasteiger partial charge is 0.280 e. The van der Waals surface area contributed by atoms with Crippen LogP contribution in [0.1, 0.15) is 23.8 Å². The molecule has 1 fully saturated rings. The molecule has 7 heteroatoms. The number of hydrogen-bond acceptors (Lipinski definition) is 5. The molecule has 24 heavy (non-hydrogen) atoms. The van der Waals surface area contributed by atoms with Crippen molar-refractivity contribution >= 4 is 5.91 Å². The molecule has 1 saturated heterocycles. The van der Waals surface area contributed by atoms with E-state index in [9.17, 15) is 14.7 Å². The highest BCUT2D eigenvalue weighted by Gasteiger charge is 2.35. The summed E-state index contributed by atoms with van der Waals surface area (Å²) in [6, 6.07) is 10.6. The molecule has 0 radical (unpaired) electrons. The maximum absolute atomic E-state index is 12.7. The Labute approximate surface area is 138 Å². The standard InChI is InChI=1S/C17H20N2O5/c20-11-14-17(12-4-2-1-3-5-12)19(8-9-23-14)16(22)7-6-13-10-15(21)18-24-13/h1-5,10,14,17,20H,6-9,11H2,(H,18,21)/t14-,17-/m0/s1. The van der Waals surface area contributed by atoms with Crippen LogP contribution >= 0.6 is 0 Å². The lowest BCUT2D eigenvalue weighted by atomic mass is 9.97. The lowest BCUT2D eigenvalue weighted by Crippen LogP contribution is -2.49. The first-order valence-corrected chi connectivity index (χ1v) is 7.93. The summed E-state index contributed by atoms with van der Waals surface area (Å²) in [4.78, 5) is 25.5. The molecule has 128 valence electrons. The maximum atomic E-state index is 12.7. The zero-order chi connectivity index (χ0) is 16.9. The Bertz CT molecular complexity index is 724. The number of carbonyl (C=O) groups is 1. The van der Waals surface area contributed by atoms with E-state index in [1.165, 1.54) is 6.07 Å². The molecule has 0 saturated carbocycles. The molecule has 2 heterocycles. The van der Waals surface area contributed by atoms with Gasteiger partial charge in [0, 0.05) is 25.5 Å². The van der Waals surface area contributed by atoms with E-state index in [-0.39, 0.29) is 30.5 Å². The fourth-order valence-corrected chi connectivity index (χ4v) is 3.03. The SMILES string of the molecule is O=C(CCc1cc(=O)[nH]o1)N1CCO[C@@H](CO)[C@@H]1c1ccccc1. The molecular weight excluding hydrogens is 312 g/mol. The quantitative estimate of drug-likeness (QED) is 0.847. The van der Waals surface area contributed by atoms with Crippen LogP contribution in [-0.4, -0.2) is 46.9 Å². The molecule has 2 aromatic rings. The van der Waals surface area contributed by atoms with Crippen LogP contribution in [0.2, 0.25) is 0 Å². The van der Waals surface area contributed by atoms with Crippen molar-refractivity contribution in [2.75, 3.05) is 19.8 Å². The molecule has 2 N–H and O–H groups in total. The second-order valence-electron chi connectivity index (χ2n) is 5.71. The van der Waals surface area contributed by atoms with E-state index in [0.717, 1.165) is 5.56 Å². The highest BCUT2D eigenvalue weighted by atomic mass is 16.5. The minimum absolute atomic E-state index is 0.0607. The Morgan fingerprint density at radius 2 is 2.12 bits per heavy atom. The van der Waals surface area contributed by atoms with Crippen LogP contribution in [0.25, 0.3) is 0 Å². The van der Waals surface area contributed by atoms with Gasteiger partial charge in [-0.25, -0.2) is 0 Å². The van der Waals surface area contributed by atoms with Gasteiger partial charge in [-0.3, -0.25) is 9.59 Å². The molecule has 0 bridgehead atoms. The largest absolute Gasteiger partial charge is 0.394 e. The van der Waals surface area contributed by atoms with Crippen molar-refractivity contribution < 1.29 is 19.2 Å². The maximum Gasteiger partial charge on any atom is 0.280 e. The highest BCUT2D eigenvalue weighted by molar-refractivity contribution is 5.77. The van der Waals surface area contributed by atoms with Crippen LogP contribution in [0, 0.1) is 0 Å². The summed E-state index contributed by atoms with van der Waals surface area (Å²) in [5.41, 5.74) is 0.615. The van der Waals surface area contributed by atoms with E-state index < -0.39 is 6.10 Å². The van der Waals surface area contributed by atoms with Crippen molar-refractivity contribution in [2.24, 2.45) is 0 Å². The Morgan fingerprint density at radius 1 is 1.33 bits per heavy atom. The van der Waals surface area contributed by atoms with Gasteiger partial charge in [0.1, 0.15) is 11.9 Å². The second-order valence-corrected chi connectivity index (χ2v) is 5.71. The van der Waals surface area contributed by atoms with Gasteiger partial charge in [-0.1, -0.05) is 30.3 Å². The molecule has 0 spiro atoms. The fraction of sp³-hybridized carbons (Fsp3) is 0.412. The summed E-state index contributed by atoms with van der Waals surface area (Å²) < 4.78 is 10.6. The van der Waals surface area contributed by atoms with Crippen molar-refractivity contribution in [3.8, 4) is 0 Å². The van der Waals surface area contributed by atoms with E-state index in [1.807, 2.05) is 30.3 Å². The topological polar surface area (TPSA) is 95.8 Å². The molecule has 1 aliphatic rings. The number of morpholine rings is 1. The third-order valence-electron chi connectivity index (χ3n) is 4.15. The summed E-state index contributed by atoms with van der Waals surface area (Å²) >= 11 is 0. The van der Waals surface area contributed by atoms with Crippen molar-refractivity contribution in [3.05, 3.63) is 58.1 Å². The lowest BCUT2D eigenvalue weighted by Gasteiger charge is -2.41. The first-order valence-electron chi connectivity index (χ1n) is 7.93. The minimum atomic E-state index is -0.449. The molecule has 2 atom stereocenters. The Kier molecular flexibility index (Phi) is 5.12. The van der Waals surface area contributed by atoms with Gasteiger partial charge in [0.25, 0.3) is 5.56 Å². The number of benzene rings is 1. The van der Waals surface area contributed by atoms with Gasteiger partial charge in [-0.15, -0.1) is 0 Å². The summed E-state index contributed by atoms with van der Waals surface area (Å²) in [5, 5.41) is 11.8. The molecule has 7 nitrogen and oxygen atoms in total. The molecule has 0 aliphatic carbocycles. The van der Waals surface area contributed by atoms with E-state index >= 15 is 0 Å². The van der Waals surface area contributed by atoms with Crippen LogP contribution in [0.3, 0.4) is 0 Å². The Morgan fingerprint density at radius 3 is 2.79 bits per heavy atom. The molecule has 1 amide bonds. The number of rotatable bonds is 5. The van der Waals surface area contributed by atoms with Gasteiger partial charge in [-0.05, 0) is 5.56 Å². The van der Waals surface area contributed by atoms with Crippen LogP contribution in [0.5, 0.6) is 0 Å². The van der Waals surface area contributed by atoms with Gasteiger partial charge in [-0.2, -0.15) is 5.16 Å². The van der Waals surface area contributed by atoms with Crippen LogP contribution in [0.15, 0.2) is 45.7 Å². The number of aromatic nitrogens is 1. The number of carbonyl (C=O) groups excluding carboxylic acids is 1. The number of aliphatic hydroxyl groups is 1. The number of nitrogens with one attached hydrogen (secondary N) is 1. The molecule has 1 aliphatic heterocycles. The predicted molar refractivity (Wildman–Crippen MR) is 85.4 cm³/mol. The number of nitrogens with zero attached hydrogens (tertiary/aromatic N) is 1. The first kappa shape index (κ1) is 16.5. The van der Waals surface area contributed by atoms with Crippen LogP contribution in [0.4, 0.5) is 0 Å². The van der Waals surface area contributed by atoms with Crippen molar-refractivity contribution in [1.82, 2.24) is 10.1 Å². The number of aliphatic hydroxyl groups excluding tert-OH is 1. The highest BCUT2D eigenvalue weighted by Crippen LogP contribution is 2.30. The van der Waals surface area contributed by atoms with Gasteiger partial charge in [0.2, 0.25) is 5.91 Å². The van der Waals surface area contributed by atoms with Crippen LogP contribution in [-0.2, 0) is 16.0 Å². The zero-order valence-electron chi connectivity index (χ0n) is 13.2. The number of hydrogen-bond donors (Lipinski definition) is 2. The Hall–Kier alpha value is -2.38. The predicted octanol–water partition coefficient (Wildman–Crippen LogP) is 0.861. The number of aryl methyl sites for hydroxylation is 1. The first-order chi connectivity index (χ1) is 11.7. The summed E-state index contributed by atoms with van der Waals surface area (Å²) in [7, 11) is 0. The van der Waals surface area contributed by atoms with Crippen molar-refractivity contribution in [2.45, 2.75) is 25.0 Å². The van der Waals surface area contributed by atoms with Gasteiger partial charge in [0.05, 0.1) is 19.3 Å². The zero-order valence-corrected chi connectivity index (χ0v) is 13.2. The Balaban J connectivity index is 1.75. The average molecular weight is 332 g/mol. The number of aromatic amines is 1. The molecule has 0 unspecified atom stereocenters. The lowest BCUT2D eigenvalue weighted by molar-refractivity contribution is -0.150. The number of H-pyrrole nitrogens is 1. The monoisotopic (exact) mass is 332 g/mol. The summed E-state index contributed by atoms with van der Waals surface area (Å²) in [6.45, 7) is 0.696. The third-order valence-corrected chi connectivity index (χ3v) is 4.15. The summed E-state index contributed by atoms with van der Waals surface area (Å²) in [5.74, 6) is 0.394. The molecule has 3 rings (SSSR count). The van der Waals surface area contributed by atoms with Gasteiger partial charge in [0.15, 0.2) is 0 Å². The molecule has 1 aromatic carbocycles. The van der Waals surface area contributed by atoms with Crippen LogP contribution < -0.4 is 5.56 Å². The van der Waals surface area contributed by atoms with E-state index in [1.54, 1.807) is 4.90 Å². The minimum Gasteiger partial charge on any atom is -0.394 e.